The number of hydrogen-bond donors (Lipinski definition) is 2. The van der Waals surface area contributed by atoms with Crippen LogP contribution in [0.15, 0.2) is 0 Å². The summed E-state index contributed by atoms with van der Waals surface area (Å²) in [5.74, 6) is 0. The molecule has 1 atom stereocenters. The molecular weight excluding hydrogens is 107 g/mol. The van der Waals surface area contributed by atoms with Crippen LogP contribution in [0.4, 0.5) is 4.79 Å². The molecule has 0 aromatic carbocycles. The first-order chi connectivity index (χ1) is 2.27. The van der Waals surface area contributed by atoms with Gasteiger partial charge in [0.05, 0.1) is 7.78 Å². The molecule has 0 aromatic rings. The zero-order chi connectivity index (χ0) is 4.28. The SMILES string of the molecule is O=C(O)PS. The molecule has 0 fully saturated rings. The van der Waals surface area contributed by atoms with Gasteiger partial charge >= 0.3 is 5.71 Å². The normalized spacial score (nSPS) is 9.80. The maximum absolute atomic E-state index is 9.30. The third-order valence-corrected chi connectivity index (χ3v) is 0.861. The van der Waals surface area contributed by atoms with E-state index < -0.39 is 5.71 Å². The van der Waals surface area contributed by atoms with E-state index in [0.717, 1.165) is 0 Å². The Hall–Kier alpha value is 0.250. The lowest BCUT2D eigenvalue weighted by molar-refractivity contribution is 0.222. The molecule has 0 aliphatic heterocycles. The molecular formula is CH3O2PS. The van der Waals surface area contributed by atoms with Crippen molar-refractivity contribution in [1.82, 2.24) is 0 Å². The Kier molecular flexibility index (Phi) is 2.61. The zero-order valence-corrected chi connectivity index (χ0v) is 4.20. The summed E-state index contributed by atoms with van der Waals surface area (Å²) < 4.78 is 0. The van der Waals surface area contributed by atoms with Gasteiger partial charge in [0.1, 0.15) is 0 Å². The number of carboxylic acid groups (broad SMARTS) is 1. The number of rotatable bonds is 1. The van der Waals surface area contributed by atoms with E-state index in [2.05, 4.69) is 12.2 Å². The van der Waals surface area contributed by atoms with Gasteiger partial charge in [-0.15, -0.1) is 12.2 Å². The first-order valence-electron chi connectivity index (χ1n) is 0.901. The molecule has 0 saturated carbocycles. The molecule has 0 aromatic heterocycles. The summed E-state index contributed by atoms with van der Waals surface area (Å²) >= 11 is 3.44. The minimum atomic E-state index is -0.853. The highest BCUT2D eigenvalue weighted by molar-refractivity contribution is 8.43. The molecule has 5 heavy (non-hydrogen) atoms. The monoisotopic (exact) mass is 110 g/mol. The molecule has 0 heterocycles. The zero-order valence-electron chi connectivity index (χ0n) is 2.30. The van der Waals surface area contributed by atoms with Crippen molar-refractivity contribution in [2.24, 2.45) is 0 Å². The third-order valence-electron chi connectivity index (χ3n) is 0.0956. The van der Waals surface area contributed by atoms with Crippen molar-refractivity contribution in [3.05, 3.63) is 0 Å². The van der Waals surface area contributed by atoms with Crippen LogP contribution < -0.4 is 0 Å². The van der Waals surface area contributed by atoms with Crippen LogP contribution in [-0.4, -0.2) is 10.8 Å². The molecule has 1 unspecified atom stereocenters. The topological polar surface area (TPSA) is 37.3 Å². The molecule has 1 N–H and O–H groups in total. The highest BCUT2D eigenvalue weighted by Gasteiger charge is 1.81. The molecule has 0 aliphatic rings. The van der Waals surface area contributed by atoms with E-state index >= 15 is 0 Å². The van der Waals surface area contributed by atoms with Gasteiger partial charge < -0.3 is 5.11 Å². The van der Waals surface area contributed by atoms with E-state index in [-0.39, 0.29) is 7.78 Å². The van der Waals surface area contributed by atoms with Gasteiger partial charge in [0.15, 0.2) is 0 Å². The highest BCUT2D eigenvalue weighted by Crippen LogP contribution is 2.13. The van der Waals surface area contributed by atoms with Gasteiger partial charge in [0.25, 0.3) is 0 Å². The second kappa shape index (κ2) is 2.49. The molecule has 0 rings (SSSR count). The predicted octanol–water partition coefficient (Wildman–Crippen LogP) is 1.19. The summed E-state index contributed by atoms with van der Waals surface area (Å²) in [7, 11) is -0.275. The molecule has 2 nitrogen and oxygen atoms in total. The Morgan fingerprint density at radius 1 is 2.00 bits per heavy atom. The average Bonchev–Trinajstić information content (AvgIpc) is 1.38. The minimum Gasteiger partial charge on any atom is -0.478 e. The van der Waals surface area contributed by atoms with E-state index in [0.29, 0.717) is 0 Å². The standard InChI is InChI=1S/CH3O2PS/c2-1(3)4-5/h4-5H,(H,2,3). The maximum Gasteiger partial charge on any atom is 0.330 e. The van der Waals surface area contributed by atoms with Crippen LogP contribution in [-0.2, 0) is 0 Å². The van der Waals surface area contributed by atoms with Gasteiger partial charge in [0.2, 0.25) is 0 Å². The van der Waals surface area contributed by atoms with Crippen molar-refractivity contribution in [3.8, 4) is 0 Å². The first kappa shape index (κ1) is 5.25. The minimum absolute atomic E-state index is 0.275. The number of thiol groups is 1. The van der Waals surface area contributed by atoms with Gasteiger partial charge in [-0.1, -0.05) is 0 Å². The molecule has 0 aliphatic carbocycles. The van der Waals surface area contributed by atoms with Crippen LogP contribution >= 0.6 is 20.0 Å². The van der Waals surface area contributed by atoms with Crippen molar-refractivity contribution in [2.75, 3.05) is 0 Å². The average molecular weight is 110 g/mol. The highest BCUT2D eigenvalue weighted by atomic mass is 32.7. The Balaban J connectivity index is 2.85. The van der Waals surface area contributed by atoms with Crippen LogP contribution in [0.3, 0.4) is 0 Å². The lowest BCUT2D eigenvalue weighted by Crippen LogP contribution is -1.69. The van der Waals surface area contributed by atoms with Crippen molar-refractivity contribution in [2.45, 2.75) is 0 Å². The van der Waals surface area contributed by atoms with E-state index in [1.165, 1.54) is 0 Å². The van der Waals surface area contributed by atoms with Crippen molar-refractivity contribution in [3.63, 3.8) is 0 Å². The van der Waals surface area contributed by atoms with Crippen molar-refractivity contribution in [1.29, 1.82) is 0 Å². The molecule has 4 heteroatoms. The Bertz CT molecular complexity index is 44.9. The smallest absolute Gasteiger partial charge is 0.330 e. The summed E-state index contributed by atoms with van der Waals surface area (Å²) in [6, 6.07) is 0. The summed E-state index contributed by atoms with van der Waals surface area (Å²) in [6.07, 6.45) is 0. The van der Waals surface area contributed by atoms with Crippen LogP contribution in [0.5, 0.6) is 0 Å². The number of hydrogen-bond acceptors (Lipinski definition) is 2. The van der Waals surface area contributed by atoms with E-state index in [1.807, 2.05) is 0 Å². The van der Waals surface area contributed by atoms with Gasteiger partial charge in [-0.05, 0) is 0 Å². The molecule has 0 radical (unpaired) electrons. The lowest BCUT2D eigenvalue weighted by atomic mass is 11.6. The van der Waals surface area contributed by atoms with Gasteiger partial charge in [-0.2, -0.15) is 0 Å². The fourth-order valence-corrected chi connectivity index (χ4v) is 0. The maximum atomic E-state index is 9.30. The summed E-state index contributed by atoms with van der Waals surface area (Å²) in [5.41, 5.74) is -0.853. The fraction of sp³-hybridized carbons (Fsp3) is 0. The molecule has 0 saturated heterocycles. The summed E-state index contributed by atoms with van der Waals surface area (Å²) in [4.78, 5) is 9.30. The summed E-state index contributed by atoms with van der Waals surface area (Å²) in [5, 5.41) is 7.66. The van der Waals surface area contributed by atoms with E-state index in [4.69, 9.17) is 5.11 Å². The van der Waals surface area contributed by atoms with E-state index in [9.17, 15) is 4.79 Å². The molecule has 0 amide bonds. The van der Waals surface area contributed by atoms with Crippen molar-refractivity contribution < 1.29 is 9.90 Å². The third kappa shape index (κ3) is 4.25. The quantitative estimate of drug-likeness (QED) is 0.393. The van der Waals surface area contributed by atoms with Crippen LogP contribution in [0.25, 0.3) is 0 Å². The van der Waals surface area contributed by atoms with Crippen molar-refractivity contribution >= 4 is 25.7 Å². The molecule has 0 spiro atoms. The van der Waals surface area contributed by atoms with E-state index in [1.54, 1.807) is 0 Å². The molecule has 30 valence electrons. The Morgan fingerprint density at radius 2 is 2.20 bits per heavy atom. The number of carbonyl (C=O) groups is 1. The van der Waals surface area contributed by atoms with Gasteiger partial charge in [-0.25, -0.2) is 4.79 Å². The Labute approximate surface area is 36.5 Å². The lowest BCUT2D eigenvalue weighted by Gasteiger charge is -1.71. The van der Waals surface area contributed by atoms with Gasteiger partial charge in [0, 0.05) is 0 Å². The first-order valence-corrected chi connectivity index (χ1v) is 3.19. The molecule has 0 bridgehead atoms. The second-order valence-corrected chi connectivity index (χ2v) is 1.74. The van der Waals surface area contributed by atoms with Gasteiger partial charge in [-0.3, -0.25) is 0 Å². The fourth-order valence-electron chi connectivity index (χ4n) is 0. The van der Waals surface area contributed by atoms with Crippen LogP contribution in [0.1, 0.15) is 0 Å². The predicted molar refractivity (Wildman–Crippen MR) is 25.3 cm³/mol. The summed E-state index contributed by atoms with van der Waals surface area (Å²) in [6.45, 7) is 0. The van der Waals surface area contributed by atoms with Crippen LogP contribution in [0, 0.1) is 0 Å². The second-order valence-electron chi connectivity index (χ2n) is 0.417. The largest absolute Gasteiger partial charge is 0.478 e. The van der Waals surface area contributed by atoms with Crippen LogP contribution in [0.2, 0.25) is 0 Å². The Morgan fingerprint density at radius 3 is 2.20 bits per heavy atom.